The van der Waals surface area contributed by atoms with Crippen molar-refractivity contribution in [3.63, 3.8) is 0 Å². The Kier molecular flexibility index (Phi) is 7.28. The van der Waals surface area contributed by atoms with Crippen molar-refractivity contribution in [2.45, 2.75) is 0 Å². The van der Waals surface area contributed by atoms with E-state index in [1.54, 1.807) is 0 Å². The number of fused-ring (bicyclic) bond motifs is 7. The summed E-state index contributed by atoms with van der Waals surface area (Å²) in [6, 6.07) is 65.3. The standard InChI is InChI=1S/C49H31N3O2S/c1-4-16-32(17-5-1)49-50-46-42(52(34-20-8-3-9-21-34)40-26-14-24-38-36-22-10-12-28-43(36)53-47(38)40)30-35(31-44(46)54-49)51(33-18-6-2-7-19-33)41-27-15-25-39-37-23-11-13-29-45(37)55-48(39)41/h1-31H. The molecule has 0 fully saturated rings. The normalized spacial score (nSPS) is 11.6. The average molecular weight is 726 g/mol. The van der Waals surface area contributed by atoms with Crippen LogP contribution in [-0.4, -0.2) is 4.98 Å². The van der Waals surface area contributed by atoms with Gasteiger partial charge in [-0.1, -0.05) is 115 Å². The smallest absolute Gasteiger partial charge is 0.227 e. The van der Waals surface area contributed by atoms with E-state index in [1.165, 1.54) is 20.2 Å². The highest BCUT2D eigenvalue weighted by atomic mass is 32.1. The molecule has 5 nitrogen and oxygen atoms in total. The lowest BCUT2D eigenvalue weighted by atomic mass is 10.1. The van der Waals surface area contributed by atoms with Crippen LogP contribution in [-0.2, 0) is 0 Å². The molecule has 3 aromatic heterocycles. The Bertz CT molecular complexity index is 3170. The maximum Gasteiger partial charge on any atom is 0.227 e. The number of hydrogen-bond donors (Lipinski definition) is 0. The van der Waals surface area contributed by atoms with Crippen molar-refractivity contribution in [3.05, 3.63) is 188 Å². The van der Waals surface area contributed by atoms with Crippen molar-refractivity contribution < 1.29 is 8.83 Å². The van der Waals surface area contributed by atoms with Gasteiger partial charge in [0.05, 0.1) is 27.4 Å². The first-order chi connectivity index (χ1) is 27.3. The van der Waals surface area contributed by atoms with Gasteiger partial charge in [-0.3, -0.25) is 0 Å². The minimum Gasteiger partial charge on any atom is -0.454 e. The zero-order valence-corrected chi connectivity index (χ0v) is 30.3. The summed E-state index contributed by atoms with van der Waals surface area (Å²) < 4.78 is 15.9. The zero-order chi connectivity index (χ0) is 36.3. The highest BCUT2D eigenvalue weighted by Gasteiger charge is 2.27. The Morgan fingerprint density at radius 3 is 1.82 bits per heavy atom. The molecule has 0 N–H and O–H groups in total. The summed E-state index contributed by atoms with van der Waals surface area (Å²) in [5, 5.41) is 4.61. The fourth-order valence-corrected chi connectivity index (χ4v) is 9.01. The molecule has 0 atom stereocenters. The van der Waals surface area contributed by atoms with Gasteiger partial charge in [-0.25, -0.2) is 4.98 Å². The molecule has 0 aliphatic rings. The molecular weight excluding hydrogens is 695 g/mol. The summed E-state index contributed by atoms with van der Waals surface area (Å²) in [7, 11) is 0. The first-order valence-electron chi connectivity index (χ1n) is 18.3. The van der Waals surface area contributed by atoms with E-state index in [-0.39, 0.29) is 0 Å². The molecule has 11 rings (SSSR count). The van der Waals surface area contributed by atoms with Crippen LogP contribution in [0.5, 0.6) is 0 Å². The molecule has 0 spiro atoms. The summed E-state index contributed by atoms with van der Waals surface area (Å²) in [5.41, 5.74) is 9.76. The number of oxazole rings is 1. The first-order valence-corrected chi connectivity index (χ1v) is 19.1. The predicted molar refractivity (Wildman–Crippen MR) is 229 cm³/mol. The van der Waals surface area contributed by atoms with Crippen LogP contribution in [0.3, 0.4) is 0 Å². The van der Waals surface area contributed by atoms with Crippen LogP contribution in [0.4, 0.5) is 34.1 Å². The topological polar surface area (TPSA) is 45.7 Å². The lowest BCUT2D eigenvalue weighted by Crippen LogP contribution is -2.14. The van der Waals surface area contributed by atoms with Crippen LogP contribution in [0, 0.1) is 0 Å². The van der Waals surface area contributed by atoms with E-state index in [0.717, 1.165) is 67.1 Å². The van der Waals surface area contributed by atoms with Gasteiger partial charge in [0.25, 0.3) is 0 Å². The second kappa shape index (κ2) is 12.8. The van der Waals surface area contributed by atoms with E-state index in [9.17, 15) is 0 Å². The van der Waals surface area contributed by atoms with Crippen molar-refractivity contribution in [2.75, 3.05) is 9.80 Å². The van der Waals surface area contributed by atoms with Crippen molar-refractivity contribution >= 4 is 98.7 Å². The van der Waals surface area contributed by atoms with E-state index in [4.69, 9.17) is 13.8 Å². The highest BCUT2D eigenvalue weighted by Crippen LogP contribution is 2.49. The number of furan rings is 1. The molecule has 6 heteroatoms. The van der Waals surface area contributed by atoms with Crippen LogP contribution in [0.25, 0.3) is 64.7 Å². The third kappa shape index (κ3) is 5.18. The largest absolute Gasteiger partial charge is 0.454 e. The van der Waals surface area contributed by atoms with Crippen molar-refractivity contribution in [1.82, 2.24) is 4.98 Å². The van der Waals surface area contributed by atoms with Crippen LogP contribution >= 0.6 is 11.3 Å². The minimum atomic E-state index is 0.557. The van der Waals surface area contributed by atoms with Gasteiger partial charge in [-0.05, 0) is 66.7 Å². The second-order valence-electron chi connectivity index (χ2n) is 13.5. The van der Waals surface area contributed by atoms with Gasteiger partial charge in [0.1, 0.15) is 11.1 Å². The fraction of sp³-hybridized carbons (Fsp3) is 0. The Morgan fingerprint density at radius 2 is 1.04 bits per heavy atom. The maximum atomic E-state index is 6.76. The molecule has 8 aromatic carbocycles. The van der Waals surface area contributed by atoms with E-state index < -0.39 is 0 Å². The summed E-state index contributed by atoms with van der Waals surface area (Å²) in [5.74, 6) is 0.557. The van der Waals surface area contributed by atoms with Gasteiger partial charge >= 0.3 is 0 Å². The van der Waals surface area contributed by atoms with Gasteiger partial charge in [0.2, 0.25) is 5.89 Å². The van der Waals surface area contributed by atoms with Gasteiger partial charge < -0.3 is 18.6 Å². The summed E-state index contributed by atoms with van der Waals surface area (Å²) >= 11 is 1.82. The van der Waals surface area contributed by atoms with Crippen molar-refractivity contribution in [3.8, 4) is 11.5 Å². The second-order valence-corrected chi connectivity index (χ2v) is 14.6. The van der Waals surface area contributed by atoms with Gasteiger partial charge in [0, 0.05) is 49.2 Å². The number of benzene rings is 8. The summed E-state index contributed by atoms with van der Waals surface area (Å²) in [4.78, 5) is 9.85. The van der Waals surface area contributed by atoms with Crippen LogP contribution in [0.15, 0.2) is 197 Å². The number of nitrogens with zero attached hydrogens (tertiary/aromatic N) is 3. The van der Waals surface area contributed by atoms with Crippen LogP contribution in [0.2, 0.25) is 0 Å². The molecule has 11 aromatic rings. The first kappa shape index (κ1) is 31.4. The molecule has 0 saturated carbocycles. The monoisotopic (exact) mass is 725 g/mol. The van der Waals surface area contributed by atoms with E-state index in [2.05, 4.69) is 149 Å². The Morgan fingerprint density at radius 1 is 0.418 bits per heavy atom. The molecule has 3 heterocycles. The number of anilines is 6. The molecular formula is C49H31N3O2S. The summed E-state index contributed by atoms with van der Waals surface area (Å²) in [6.07, 6.45) is 0. The highest BCUT2D eigenvalue weighted by molar-refractivity contribution is 7.26. The lowest BCUT2D eigenvalue weighted by Gasteiger charge is -2.29. The molecule has 260 valence electrons. The van der Waals surface area contributed by atoms with Gasteiger partial charge in [-0.15, -0.1) is 11.3 Å². The Balaban J connectivity index is 1.23. The molecule has 0 saturated heterocycles. The maximum absolute atomic E-state index is 6.76. The fourth-order valence-electron chi connectivity index (χ4n) is 7.81. The molecule has 0 amide bonds. The third-order valence-corrected chi connectivity index (χ3v) is 11.5. The number of rotatable bonds is 7. The molecule has 55 heavy (non-hydrogen) atoms. The quantitative estimate of drug-likeness (QED) is 0.164. The third-order valence-electron chi connectivity index (χ3n) is 10.3. The zero-order valence-electron chi connectivity index (χ0n) is 29.5. The Labute approximate surface area is 320 Å². The van der Waals surface area contributed by atoms with E-state index >= 15 is 0 Å². The number of thiophene rings is 1. The molecule has 0 bridgehead atoms. The number of hydrogen-bond acceptors (Lipinski definition) is 6. The molecule has 0 aliphatic heterocycles. The van der Waals surface area contributed by atoms with E-state index in [0.29, 0.717) is 11.5 Å². The van der Waals surface area contributed by atoms with E-state index in [1.807, 2.05) is 59.9 Å². The number of aromatic nitrogens is 1. The lowest BCUT2D eigenvalue weighted by molar-refractivity contribution is 0.620. The Hall–Kier alpha value is -7.15. The van der Waals surface area contributed by atoms with Gasteiger partial charge in [0.15, 0.2) is 11.2 Å². The summed E-state index contributed by atoms with van der Waals surface area (Å²) in [6.45, 7) is 0. The van der Waals surface area contributed by atoms with Crippen molar-refractivity contribution in [2.24, 2.45) is 0 Å². The predicted octanol–water partition coefficient (Wildman–Crippen LogP) is 14.7. The van der Waals surface area contributed by atoms with Crippen molar-refractivity contribution in [1.29, 1.82) is 0 Å². The number of para-hydroxylation sites is 4. The SMILES string of the molecule is c1ccc(-c2nc3c(N(c4ccccc4)c4cccc5c4oc4ccccc45)cc(N(c4ccccc4)c4cccc5c4sc4ccccc45)cc3o2)cc1. The molecule has 0 radical (unpaired) electrons. The van der Waals surface area contributed by atoms with Crippen LogP contribution < -0.4 is 9.80 Å². The van der Waals surface area contributed by atoms with Crippen LogP contribution in [0.1, 0.15) is 0 Å². The van der Waals surface area contributed by atoms with Gasteiger partial charge in [-0.2, -0.15) is 0 Å². The molecule has 0 unspecified atom stereocenters. The minimum absolute atomic E-state index is 0.557. The average Bonchev–Trinajstić information content (AvgIpc) is 3.97. The molecule has 0 aliphatic carbocycles.